The first-order valence-electron chi connectivity index (χ1n) is 8.33. The van der Waals surface area contributed by atoms with Crippen LogP contribution >= 0.6 is 11.6 Å². The number of hydrogen-bond donors (Lipinski definition) is 1. The van der Waals surface area contributed by atoms with Gasteiger partial charge in [-0.05, 0) is 30.3 Å². The number of halogens is 7. The molecule has 0 fully saturated rings. The Kier molecular flexibility index (Phi) is 7.34. The van der Waals surface area contributed by atoms with Gasteiger partial charge in [0.05, 0.1) is 27.7 Å². The number of nitro benzene ring substituents is 1. The molecule has 0 heterocycles. The fourth-order valence-corrected chi connectivity index (χ4v) is 2.82. The lowest BCUT2D eigenvalue weighted by Gasteiger charge is -2.19. The second-order valence-electron chi connectivity index (χ2n) is 6.21. The number of alkyl halides is 6. The van der Waals surface area contributed by atoms with Crippen LogP contribution in [0, 0.1) is 10.1 Å². The van der Waals surface area contributed by atoms with Gasteiger partial charge in [-0.15, -0.1) is 0 Å². The summed E-state index contributed by atoms with van der Waals surface area (Å²) in [6, 6.07) is 1.84. The van der Waals surface area contributed by atoms with Gasteiger partial charge >= 0.3 is 12.4 Å². The molecule has 2 rings (SSSR count). The van der Waals surface area contributed by atoms with Gasteiger partial charge in [-0.1, -0.05) is 11.6 Å². The molecule has 2 aromatic carbocycles. The Balaban J connectivity index is 2.53. The molecule has 0 saturated heterocycles. The van der Waals surface area contributed by atoms with Gasteiger partial charge in [0, 0.05) is 16.7 Å². The third kappa shape index (κ3) is 6.09. The summed E-state index contributed by atoms with van der Waals surface area (Å²) < 4.78 is 82.7. The Hall–Kier alpha value is -3.35. The Morgan fingerprint density at radius 1 is 1.09 bits per heavy atom. The predicted octanol–water partition coefficient (Wildman–Crippen LogP) is 4.93. The molecule has 0 aliphatic heterocycles. The predicted molar refractivity (Wildman–Crippen MR) is 96.8 cm³/mol. The van der Waals surface area contributed by atoms with Crippen molar-refractivity contribution in [3.8, 4) is 0 Å². The molecule has 2 aromatic rings. The van der Waals surface area contributed by atoms with Crippen LogP contribution in [0.5, 0.6) is 0 Å². The second-order valence-corrected chi connectivity index (χ2v) is 6.65. The number of nitrogens with one attached hydrogen (secondary N) is 1. The Labute approximate surface area is 180 Å². The molecule has 172 valence electrons. The van der Waals surface area contributed by atoms with E-state index < -0.39 is 58.2 Å². The lowest BCUT2D eigenvalue weighted by Crippen LogP contribution is -2.32. The van der Waals surface area contributed by atoms with Gasteiger partial charge in [0.2, 0.25) is 0 Å². The van der Waals surface area contributed by atoms with Crippen LogP contribution in [0.1, 0.15) is 33.1 Å². The quantitative estimate of drug-likeness (QED) is 0.260. The van der Waals surface area contributed by atoms with Crippen LogP contribution < -0.4 is 5.32 Å². The summed E-state index contributed by atoms with van der Waals surface area (Å²) in [5.41, 5.74) is -5.36. The molecule has 32 heavy (non-hydrogen) atoms. The summed E-state index contributed by atoms with van der Waals surface area (Å²) in [4.78, 5) is 33.5. The molecule has 0 spiro atoms. The van der Waals surface area contributed by atoms with Crippen LogP contribution in [0.3, 0.4) is 0 Å². The van der Waals surface area contributed by atoms with E-state index in [1.165, 1.54) is 0 Å². The number of ether oxygens (including phenoxy) is 1. The van der Waals surface area contributed by atoms with Crippen molar-refractivity contribution in [1.29, 1.82) is 0 Å². The van der Waals surface area contributed by atoms with Gasteiger partial charge in [0.1, 0.15) is 6.61 Å². The first-order valence-corrected chi connectivity index (χ1v) is 8.71. The average Bonchev–Trinajstić information content (AvgIpc) is 2.69. The minimum absolute atomic E-state index is 0.0330. The molecule has 1 unspecified atom stereocenters. The third-order valence-corrected chi connectivity index (χ3v) is 4.28. The van der Waals surface area contributed by atoms with Crippen molar-refractivity contribution in [2.45, 2.75) is 18.4 Å². The van der Waals surface area contributed by atoms with E-state index in [2.05, 4.69) is 4.74 Å². The molecular formula is C18H11ClF6N2O5. The number of carbonyl (C=O) groups excluding carboxylic acids is 2. The number of amides is 1. The summed E-state index contributed by atoms with van der Waals surface area (Å²) in [6.45, 7) is -0.789. The summed E-state index contributed by atoms with van der Waals surface area (Å²) in [5, 5.41) is 13.3. The normalized spacial score (nSPS) is 12.7. The third-order valence-electron chi connectivity index (χ3n) is 4.05. The highest BCUT2D eigenvalue weighted by Crippen LogP contribution is 2.36. The van der Waals surface area contributed by atoms with Gasteiger partial charge in [-0.25, -0.2) is 0 Å². The maximum absolute atomic E-state index is 13.0. The summed E-state index contributed by atoms with van der Waals surface area (Å²) >= 11 is 5.80. The molecule has 0 aliphatic carbocycles. The summed E-state index contributed by atoms with van der Waals surface area (Å²) in [6.07, 6.45) is -10.4. The highest BCUT2D eigenvalue weighted by Gasteiger charge is 2.38. The molecular weight excluding hydrogens is 474 g/mol. The lowest BCUT2D eigenvalue weighted by molar-refractivity contribution is -0.385. The molecule has 0 bridgehead atoms. The highest BCUT2D eigenvalue weighted by atomic mass is 35.5. The van der Waals surface area contributed by atoms with E-state index >= 15 is 0 Å². The van der Waals surface area contributed by atoms with Crippen molar-refractivity contribution in [2.75, 3.05) is 6.61 Å². The van der Waals surface area contributed by atoms with Gasteiger partial charge < -0.3 is 10.1 Å². The molecule has 7 nitrogen and oxygen atoms in total. The zero-order valence-electron chi connectivity index (χ0n) is 15.5. The van der Waals surface area contributed by atoms with Gasteiger partial charge in [-0.3, -0.25) is 19.7 Å². The van der Waals surface area contributed by atoms with E-state index in [9.17, 15) is 46.0 Å². The van der Waals surface area contributed by atoms with E-state index in [1.54, 1.807) is 0 Å². The smallest absolute Gasteiger partial charge is 0.416 e. The standard InChI is InChI=1S/C18H11ClF6N2O5/c19-12-1-2-15(27(30)31)13(6-12)14(7-32-8-28)26-16(29)9-3-10(17(20,21)22)5-11(4-9)18(23,24)25/h1-6,8,14H,7H2,(H,26,29). The van der Waals surface area contributed by atoms with Gasteiger partial charge in [0.25, 0.3) is 18.1 Å². The van der Waals surface area contributed by atoms with Crippen molar-refractivity contribution in [2.24, 2.45) is 0 Å². The van der Waals surface area contributed by atoms with Crippen LogP contribution in [0.2, 0.25) is 5.02 Å². The van der Waals surface area contributed by atoms with E-state index in [4.69, 9.17) is 11.6 Å². The number of hydrogen-bond acceptors (Lipinski definition) is 5. The van der Waals surface area contributed by atoms with E-state index in [0.29, 0.717) is 0 Å². The zero-order valence-corrected chi connectivity index (χ0v) is 16.2. The zero-order chi connectivity index (χ0) is 24.3. The molecule has 0 aliphatic rings. The number of nitro groups is 1. The first kappa shape index (κ1) is 24.9. The Bertz CT molecular complexity index is 1010. The molecule has 1 amide bonds. The van der Waals surface area contributed by atoms with Gasteiger partial charge in [0.15, 0.2) is 0 Å². The van der Waals surface area contributed by atoms with Crippen LogP contribution in [0.4, 0.5) is 32.0 Å². The Morgan fingerprint density at radius 3 is 2.12 bits per heavy atom. The second kappa shape index (κ2) is 9.42. The van der Waals surface area contributed by atoms with Crippen molar-refractivity contribution < 1.29 is 45.6 Å². The van der Waals surface area contributed by atoms with Crippen molar-refractivity contribution in [1.82, 2.24) is 5.32 Å². The number of carbonyl (C=O) groups is 2. The largest absolute Gasteiger partial charge is 0.465 e. The number of benzene rings is 2. The topological polar surface area (TPSA) is 98.5 Å². The van der Waals surface area contributed by atoms with Crippen LogP contribution in [0.15, 0.2) is 36.4 Å². The monoisotopic (exact) mass is 484 g/mol. The highest BCUT2D eigenvalue weighted by molar-refractivity contribution is 6.30. The average molecular weight is 485 g/mol. The fraction of sp³-hybridized carbons (Fsp3) is 0.222. The Morgan fingerprint density at radius 2 is 1.66 bits per heavy atom. The van der Waals surface area contributed by atoms with Crippen LogP contribution in [0.25, 0.3) is 0 Å². The van der Waals surface area contributed by atoms with E-state index in [1.807, 2.05) is 5.32 Å². The molecule has 0 radical (unpaired) electrons. The van der Waals surface area contributed by atoms with Crippen molar-refractivity contribution in [3.05, 3.63) is 73.8 Å². The summed E-state index contributed by atoms with van der Waals surface area (Å²) in [5.74, 6) is -1.43. The van der Waals surface area contributed by atoms with Crippen LogP contribution in [-0.2, 0) is 21.9 Å². The fourth-order valence-electron chi connectivity index (χ4n) is 2.64. The van der Waals surface area contributed by atoms with Crippen molar-refractivity contribution in [3.63, 3.8) is 0 Å². The molecule has 14 heteroatoms. The maximum atomic E-state index is 13.0. The number of rotatable bonds is 7. The first-order chi connectivity index (χ1) is 14.7. The number of nitrogens with zero attached hydrogens (tertiary/aromatic N) is 1. The minimum atomic E-state index is -5.19. The van der Waals surface area contributed by atoms with Crippen LogP contribution in [-0.4, -0.2) is 23.9 Å². The lowest BCUT2D eigenvalue weighted by atomic mass is 10.0. The molecule has 0 saturated carbocycles. The van der Waals surface area contributed by atoms with Crippen molar-refractivity contribution >= 4 is 29.7 Å². The summed E-state index contributed by atoms with van der Waals surface area (Å²) in [7, 11) is 0. The maximum Gasteiger partial charge on any atom is 0.416 e. The molecule has 1 atom stereocenters. The minimum Gasteiger partial charge on any atom is -0.465 e. The van der Waals surface area contributed by atoms with E-state index in [0.717, 1.165) is 18.2 Å². The molecule has 0 aromatic heterocycles. The van der Waals surface area contributed by atoms with Gasteiger partial charge in [-0.2, -0.15) is 26.3 Å². The van der Waals surface area contributed by atoms with E-state index in [-0.39, 0.29) is 35.3 Å². The SMILES string of the molecule is O=COCC(NC(=O)c1cc(C(F)(F)F)cc(C(F)(F)F)c1)c1cc(Cl)ccc1[N+](=O)[O-]. The molecule has 1 N–H and O–H groups in total.